The lowest BCUT2D eigenvalue weighted by molar-refractivity contribution is 0.101. The first-order valence-electron chi connectivity index (χ1n) is 9.42. The van der Waals surface area contributed by atoms with Gasteiger partial charge in [0.05, 0.1) is 5.52 Å². The number of hydrogen-bond acceptors (Lipinski definition) is 6. The number of para-hydroxylation sites is 1. The van der Waals surface area contributed by atoms with Gasteiger partial charge in [-0.1, -0.05) is 18.2 Å². The number of rotatable bonds is 4. The molecule has 0 bridgehead atoms. The Balaban J connectivity index is 0.000000971. The predicted octanol–water partition coefficient (Wildman–Crippen LogP) is 4.66. The number of fused-ring (bicyclic) bond motifs is 1. The number of aromatic nitrogens is 3. The molecule has 4 rings (SSSR count). The molecular formula is C23H29N5O2S. The van der Waals surface area contributed by atoms with Crippen LogP contribution >= 0.6 is 11.8 Å². The normalized spacial score (nSPS) is 10.1. The van der Waals surface area contributed by atoms with E-state index in [2.05, 4.69) is 15.3 Å². The molecule has 0 saturated carbocycles. The molecule has 2 aromatic carbocycles. The summed E-state index contributed by atoms with van der Waals surface area (Å²) in [4.78, 5) is 21.1. The minimum atomic E-state index is 0. The molecule has 0 saturated heterocycles. The van der Waals surface area contributed by atoms with Crippen molar-refractivity contribution in [2.24, 2.45) is 0 Å². The Morgan fingerprint density at radius 2 is 1.77 bits per heavy atom. The fraction of sp³-hybridized carbons (Fsp3) is 0.174. The molecule has 0 unspecified atom stereocenters. The van der Waals surface area contributed by atoms with Crippen molar-refractivity contribution in [3.63, 3.8) is 0 Å². The molecule has 0 amide bonds. The van der Waals surface area contributed by atoms with Crippen molar-refractivity contribution < 1.29 is 11.7 Å². The second kappa shape index (κ2) is 10.6. The molecule has 0 aliphatic heterocycles. The summed E-state index contributed by atoms with van der Waals surface area (Å²) < 4.78 is 1.94. The van der Waals surface area contributed by atoms with E-state index in [0.29, 0.717) is 17.2 Å². The summed E-state index contributed by atoms with van der Waals surface area (Å²) in [6.45, 7) is 3.53. The van der Waals surface area contributed by atoms with Gasteiger partial charge in [-0.05, 0) is 56.7 Å². The minimum Gasteiger partial charge on any atom is -0.412 e. The van der Waals surface area contributed by atoms with Crippen LogP contribution in [0.1, 0.15) is 24.3 Å². The molecule has 0 aliphatic rings. The van der Waals surface area contributed by atoms with Gasteiger partial charge in [0.15, 0.2) is 5.78 Å². The van der Waals surface area contributed by atoms with Crippen LogP contribution in [-0.4, -0.2) is 38.3 Å². The smallest absolute Gasteiger partial charge is 0.229 e. The van der Waals surface area contributed by atoms with E-state index < -0.39 is 0 Å². The number of anilines is 3. The molecule has 0 fully saturated rings. The highest BCUT2D eigenvalue weighted by Gasteiger charge is 2.15. The number of nitrogens with zero attached hydrogens (tertiary/aromatic N) is 3. The second-order valence-corrected chi connectivity index (χ2v) is 7.66. The highest BCUT2D eigenvalue weighted by atomic mass is 32.2. The van der Waals surface area contributed by atoms with Gasteiger partial charge in [-0.15, -0.1) is 0 Å². The average Bonchev–Trinajstić information content (AvgIpc) is 3.12. The Morgan fingerprint density at radius 3 is 2.42 bits per heavy atom. The van der Waals surface area contributed by atoms with Crippen LogP contribution in [-0.2, 0) is 0 Å². The number of carbonyl (C=O) groups is 1. The van der Waals surface area contributed by atoms with E-state index in [1.165, 1.54) is 0 Å². The number of nitrogens with one attached hydrogen (secondary N) is 1. The van der Waals surface area contributed by atoms with E-state index in [4.69, 9.17) is 5.73 Å². The van der Waals surface area contributed by atoms with Gasteiger partial charge >= 0.3 is 0 Å². The third-order valence-corrected chi connectivity index (χ3v) is 4.43. The van der Waals surface area contributed by atoms with Crippen molar-refractivity contribution in [1.29, 1.82) is 0 Å². The van der Waals surface area contributed by atoms with Crippen molar-refractivity contribution in [3.8, 4) is 5.82 Å². The number of nitrogens with two attached hydrogens (primary N) is 1. The molecule has 0 radical (unpaired) electrons. The largest absolute Gasteiger partial charge is 0.412 e. The van der Waals surface area contributed by atoms with Crippen LogP contribution in [0.15, 0.2) is 60.9 Å². The van der Waals surface area contributed by atoms with Crippen molar-refractivity contribution in [1.82, 2.24) is 14.5 Å². The standard InChI is InChI=1S/C21H19N5O.C2H6S.H2O.H2/c1-13-11-23-21(24-16-9-7-15(22)8-10-16)25-20(13)26-12-18(14(2)27)17-5-3-4-6-19(17)26;1-3-2;;/h3-12H,22H2,1-2H3,(H,23,24,25);1-2H3;1H2;1H. The molecule has 7 nitrogen and oxygen atoms in total. The summed E-state index contributed by atoms with van der Waals surface area (Å²) in [7, 11) is 0. The number of aryl methyl sites for hydroxylation is 1. The second-order valence-electron chi connectivity index (χ2n) is 6.84. The maximum atomic E-state index is 12.1. The third kappa shape index (κ3) is 5.42. The maximum Gasteiger partial charge on any atom is 0.229 e. The summed E-state index contributed by atoms with van der Waals surface area (Å²) in [5.74, 6) is 1.23. The summed E-state index contributed by atoms with van der Waals surface area (Å²) >= 11 is 1.75. The molecule has 164 valence electrons. The zero-order chi connectivity index (χ0) is 21.7. The molecule has 31 heavy (non-hydrogen) atoms. The van der Waals surface area contributed by atoms with Crippen LogP contribution in [0.25, 0.3) is 16.7 Å². The van der Waals surface area contributed by atoms with Gasteiger partial charge < -0.3 is 21.1 Å². The molecule has 4 aromatic rings. The fourth-order valence-electron chi connectivity index (χ4n) is 3.07. The van der Waals surface area contributed by atoms with Crippen molar-refractivity contribution >= 4 is 45.8 Å². The number of Topliss-reactive ketones (excluding diaryl/α,β-unsaturated/α-hetero) is 1. The third-order valence-electron chi connectivity index (χ3n) is 4.43. The molecule has 0 atom stereocenters. The van der Waals surface area contributed by atoms with Gasteiger partial charge in [-0.2, -0.15) is 16.7 Å². The van der Waals surface area contributed by atoms with Crippen molar-refractivity contribution in [3.05, 3.63) is 72.1 Å². The maximum absolute atomic E-state index is 12.1. The Kier molecular flexibility index (Phi) is 8.18. The highest BCUT2D eigenvalue weighted by molar-refractivity contribution is 7.97. The molecular weight excluding hydrogens is 410 g/mol. The van der Waals surface area contributed by atoms with Gasteiger partial charge in [0.1, 0.15) is 5.82 Å². The predicted molar refractivity (Wildman–Crippen MR) is 133 cm³/mol. The SMILES string of the molecule is CC(=O)c1cn(-c2nc(Nc3ccc(N)cc3)ncc2C)c2ccccc12.CSC.O.[HH]. The van der Waals surface area contributed by atoms with Gasteiger partial charge in [0.25, 0.3) is 0 Å². The Hall–Kier alpha value is -3.36. The first-order valence-corrected chi connectivity index (χ1v) is 11.1. The van der Waals surface area contributed by atoms with Gasteiger partial charge in [0.2, 0.25) is 5.95 Å². The van der Waals surface area contributed by atoms with E-state index in [-0.39, 0.29) is 12.7 Å². The topological polar surface area (TPSA) is 117 Å². The Morgan fingerprint density at radius 1 is 1.13 bits per heavy atom. The molecule has 2 aromatic heterocycles. The van der Waals surface area contributed by atoms with Crippen LogP contribution in [0.3, 0.4) is 0 Å². The average molecular weight is 440 g/mol. The lowest BCUT2D eigenvalue weighted by atomic mass is 10.1. The number of carbonyl (C=O) groups excluding carboxylic acids is 1. The van der Waals surface area contributed by atoms with E-state index in [9.17, 15) is 4.79 Å². The van der Waals surface area contributed by atoms with E-state index in [0.717, 1.165) is 28.0 Å². The van der Waals surface area contributed by atoms with Crippen LogP contribution in [0, 0.1) is 6.92 Å². The van der Waals surface area contributed by atoms with Gasteiger partial charge in [-0.3, -0.25) is 4.79 Å². The molecule has 8 heteroatoms. The summed E-state index contributed by atoms with van der Waals surface area (Å²) in [5, 5.41) is 4.10. The highest BCUT2D eigenvalue weighted by Crippen LogP contribution is 2.26. The minimum absolute atomic E-state index is 0. The van der Waals surface area contributed by atoms with Crippen molar-refractivity contribution in [2.45, 2.75) is 13.8 Å². The quantitative estimate of drug-likeness (QED) is 0.353. The zero-order valence-corrected chi connectivity index (χ0v) is 18.8. The Labute approximate surface area is 187 Å². The number of ketones is 1. The molecule has 2 heterocycles. The van der Waals surface area contributed by atoms with Gasteiger partial charge in [-0.25, -0.2) is 4.98 Å². The van der Waals surface area contributed by atoms with Crippen LogP contribution < -0.4 is 11.1 Å². The molecule has 0 aliphatic carbocycles. The van der Waals surface area contributed by atoms with Crippen LogP contribution in [0.5, 0.6) is 0 Å². The summed E-state index contributed by atoms with van der Waals surface area (Å²) in [6, 6.07) is 15.2. The van der Waals surface area contributed by atoms with Gasteiger partial charge in [0, 0.05) is 41.7 Å². The first kappa shape index (κ1) is 23.9. The molecule has 0 spiro atoms. The van der Waals surface area contributed by atoms with E-state index in [1.807, 2.05) is 78.7 Å². The number of hydrogen-bond donors (Lipinski definition) is 2. The summed E-state index contributed by atoms with van der Waals surface area (Å²) in [6.07, 6.45) is 7.69. The van der Waals surface area contributed by atoms with Crippen LogP contribution in [0.4, 0.5) is 17.3 Å². The lowest BCUT2D eigenvalue weighted by Gasteiger charge is -2.11. The van der Waals surface area contributed by atoms with Crippen molar-refractivity contribution in [2.75, 3.05) is 23.6 Å². The number of nitrogen functional groups attached to an aromatic ring is 1. The number of benzene rings is 2. The summed E-state index contributed by atoms with van der Waals surface area (Å²) in [5.41, 5.74) is 9.80. The first-order chi connectivity index (χ1) is 14.4. The van der Waals surface area contributed by atoms with E-state index >= 15 is 0 Å². The Bertz CT molecular complexity index is 1180. The monoisotopic (exact) mass is 439 g/mol. The van der Waals surface area contributed by atoms with Crippen LogP contribution in [0.2, 0.25) is 0 Å². The number of thioether (sulfide) groups is 1. The zero-order valence-electron chi connectivity index (χ0n) is 18.0. The fourth-order valence-corrected chi connectivity index (χ4v) is 3.07. The molecule has 5 N–H and O–H groups in total. The van der Waals surface area contributed by atoms with E-state index in [1.54, 1.807) is 24.9 Å². The lowest BCUT2D eigenvalue weighted by Crippen LogP contribution is -2.05.